The molecule has 2 aliphatic rings. The number of carbonyl (C=O) groups excluding carboxylic acids is 2. The Morgan fingerprint density at radius 2 is 1.94 bits per heavy atom. The third-order valence-corrected chi connectivity index (χ3v) is 6.68. The van der Waals surface area contributed by atoms with Gasteiger partial charge in [-0.05, 0) is 44.5 Å². The van der Waals surface area contributed by atoms with Crippen molar-refractivity contribution in [3.63, 3.8) is 0 Å². The summed E-state index contributed by atoms with van der Waals surface area (Å²) in [5, 5.41) is 12.8. The number of rotatable bonds is 8. The number of nitrogens with zero attached hydrogens (tertiary/aromatic N) is 2. The molecule has 34 heavy (non-hydrogen) atoms. The largest absolute Gasteiger partial charge is 0.486 e. The molecule has 1 aliphatic carbocycles. The second-order valence-corrected chi connectivity index (χ2v) is 9.75. The van der Waals surface area contributed by atoms with E-state index < -0.39 is 0 Å². The molecule has 1 fully saturated rings. The average Bonchev–Trinajstić information content (AvgIpc) is 3.67. The highest BCUT2D eigenvalue weighted by Crippen LogP contribution is 2.37. The molecule has 4 rings (SSSR count). The standard InChI is InChI=1S/C27H35N3O4/c1-18-14-30(19(2)17-31)27(33)22-10-7-11-23(28-26(32)21-12-13-21)25(22)34-24(18)16-29(3)15-20-8-5-4-6-9-20/h4-11,18-19,21,24,31H,12-17H2,1-3H3,(H,28,32)/t18-,19+,24-/m1/s1. The predicted molar refractivity (Wildman–Crippen MR) is 132 cm³/mol. The first kappa shape index (κ1) is 24.2. The fourth-order valence-electron chi connectivity index (χ4n) is 4.41. The highest BCUT2D eigenvalue weighted by molar-refractivity contribution is 6.02. The van der Waals surface area contributed by atoms with Crippen molar-refractivity contribution in [2.24, 2.45) is 11.8 Å². The first-order valence-electron chi connectivity index (χ1n) is 12.1. The van der Waals surface area contributed by atoms with Crippen molar-refractivity contribution in [1.82, 2.24) is 9.80 Å². The van der Waals surface area contributed by atoms with Gasteiger partial charge in [0.05, 0.1) is 23.9 Å². The van der Waals surface area contributed by atoms with Crippen LogP contribution < -0.4 is 10.1 Å². The van der Waals surface area contributed by atoms with E-state index >= 15 is 0 Å². The van der Waals surface area contributed by atoms with Gasteiger partial charge in [0.15, 0.2) is 5.75 Å². The second-order valence-electron chi connectivity index (χ2n) is 9.75. The van der Waals surface area contributed by atoms with E-state index in [1.54, 1.807) is 23.1 Å². The molecule has 0 spiro atoms. The van der Waals surface area contributed by atoms with Gasteiger partial charge in [0.25, 0.3) is 5.91 Å². The number of hydrogen-bond acceptors (Lipinski definition) is 5. The summed E-state index contributed by atoms with van der Waals surface area (Å²) in [5.74, 6) is 0.246. The summed E-state index contributed by atoms with van der Waals surface area (Å²) in [7, 11) is 2.06. The van der Waals surface area contributed by atoms with Gasteiger partial charge >= 0.3 is 0 Å². The molecule has 0 unspecified atom stereocenters. The van der Waals surface area contributed by atoms with Gasteiger partial charge in [-0.1, -0.05) is 43.3 Å². The third-order valence-electron chi connectivity index (χ3n) is 6.68. The molecule has 182 valence electrons. The highest BCUT2D eigenvalue weighted by atomic mass is 16.5. The molecule has 0 aromatic heterocycles. The highest BCUT2D eigenvalue weighted by Gasteiger charge is 2.35. The number of nitrogens with one attached hydrogen (secondary N) is 1. The zero-order chi connectivity index (χ0) is 24.2. The Balaban J connectivity index is 1.64. The van der Waals surface area contributed by atoms with Gasteiger partial charge in [0.2, 0.25) is 5.91 Å². The molecule has 2 N–H and O–H groups in total. The van der Waals surface area contributed by atoms with Crippen LogP contribution in [0.1, 0.15) is 42.6 Å². The SMILES string of the molecule is C[C@@H]1CN([C@@H](C)CO)C(=O)c2cccc(NC(=O)C3CC3)c2O[C@@H]1CN(C)Cc1ccccc1. The van der Waals surface area contributed by atoms with Gasteiger partial charge < -0.3 is 20.1 Å². The quantitative estimate of drug-likeness (QED) is 0.625. The van der Waals surface area contributed by atoms with Crippen LogP contribution in [0.3, 0.4) is 0 Å². The Labute approximate surface area is 201 Å². The summed E-state index contributed by atoms with van der Waals surface area (Å²) in [6.45, 7) is 5.70. The lowest BCUT2D eigenvalue weighted by atomic mass is 9.98. The Bertz CT molecular complexity index is 1010. The Morgan fingerprint density at radius 3 is 2.62 bits per heavy atom. The molecule has 0 saturated heterocycles. The lowest BCUT2D eigenvalue weighted by Gasteiger charge is -2.38. The third kappa shape index (κ3) is 5.59. The number of amides is 2. The Morgan fingerprint density at radius 1 is 1.21 bits per heavy atom. The van der Waals surface area contributed by atoms with Gasteiger partial charge in [-0.25, -0.2) is 0 Å². The molecule has 2 aromatic rings. The minimum Gasteiger partial charge on any atom is -0.486 e. The van der Waals surface area contributed by atoms with Gasteiger partial charge in [-0.3, -0.25) is 14.5 Å². The first-order chi connectivity index (χ1) is 16.4. The van der Waals surface area contributed by atoms with Crippen molar-refractivity contribution in [1.29, 1.82) is 0 Å². The van der Waals surface area contributed by atoms with E-state index in [1.165, 1.54) is 5.56 Å². The van der Waals surface area contributed by atoms with Gasteiger partial charge in [0, 0.05) is 31.5 Å². The molecule has 1 aliphatic heterocycles. The number of aliphatic hydroxyl groups excluding tert-OH is 1. The topological polar surface area (TPSA) is 82.1 Å². The number of likely N-dealkylation sites (N-methyl/N-ethyl adjacent to an activating group) is 1. The molecule has 2 aromatic carbocycles. The van der Waals surface area contributed by atoms with E-state index in [-0.39, 0.29) is 42.4 Å². The van der Waals surface area contributed by atoms with Crippen LogP contribution in [0.15, 0.2) is 48.5 Å². The maximum Gasteiger partial charge on any atom is 0.258 e. The summed E-state index contributed by atoms with van der Waals surface area (Å²) >= 11 is 0. The van der Waals surface area contributed by atoms with E-state index in [4.69, 9.17) is 4.74 Å². The van der Waals surface area contributed by atoms with Gasteiger partial charge in [-0.2, -0.15) is 0 Å². The van der Waals surface area contributed by atoms with E-state index in [0.29, 0.717) is 30.1 Å². The smallest absolute Gasteiger partial charge is 0.258 e. The monoisotopic (exact) mass is 465 g/mol. The second kappa shape index (κ2) is 10.6. The van der Waals surface area contributed by atoms with Crippen molar-refractivity contribution >= 4 is 17.5 Å². The molecule has 1 heterocycles. The fourth-order valence-corrected chi connectivity index (χ4v) is 4.41. The summed E-state index contributed by atoms with van der Waals surface area (Å²) in [6, 6.07) is 15.2. The number of para-hydroxylation sites is 1. The summed E-state index contributed by atoms with van der Waals surface area (Å²) < 4.78 is 6.56. The lowest BCUT2D eigenvalue weighted by molar-refractivity contribution is -0.117. The molecule has 7 heteroatoms. The van der Waals surface area contributed by atoms with Crippen LogP contribution >= 0.6 is 0 Å². The number of anilines is 1. The molecule has 2 amide bonds. The minimum atomic E-state index is -0.326. The summed E-state index contributed by atoms with van der Waals surface area (Å²) in [5.41, 5.74) is 2.16. The van der Waals surface area contributed by atoms with E-state index in [9.17, 15) is 14.7 Å². The van der Waals surface area contributed by atoms with Crippen LogP contribution in [0.4, 0.5) is 5.69 Å². The van der Waals surface area contributed by atoms with Crippen LogP contribution in [0.2, 0.25) is 0 Å². The minimum absolute atomic E-state index is 0.0107. The number of benzene rings is 2. The van der Waals surface area contributed by atoms with Crippen molar-refractivity contribution in [2.45, 2.75) is 45.4 Å². The number of aliphatic hydroxyl groups is 1. The summed E-state index contributed by atoms with van der Waals surface area (Å²) in [4.78, 5) is 30.0. The number of carbonyl (C=O) groups is 2. The zero-order valence-corrected chi connectivity index (χ0v) is 20.2. The van der Waals surface area contributed by atoms with E-state index in [1.807, 2.05) is 25.1 Å². The fraction of sp³-hybridized carbons (Fsp3) is 0.481. The molecular weight excluding hydrogens is 430 g/mol. The molecular formula is C27H35N3O4. The molecule has 1 saturated carbocycles. The molecule has 3 atom stereocenters. The molecule has 0 bridgehead atoms. The van der Waals surface area contributed by atoms with Crippen LogP contribution in [0, 0.1) is 11.8 Å². The van der Waals surface area contributed by atoms with Crippen LogP contribution in [0.5, 0.6) is 5.75 Å². The Kier molecular flexibility index (Phi) is 7.54. The normalized spacial score (nSPS) is 21.3. The predicted octanol–water partition coefficient (Wildman–Crippen LogP) is 3.39. The average molecular weight is 466 g/mol. The van der Waals surface area contributed by atoms with Crippen molar-refractivity contribution < 1.29 is 19.4 Å². The van der Waals surface area contributed by atoms with Crippen LogP contribution in [-0.4, -0.2) is 65.6 Å². The Hall–Kier alpha value is -2.90. The van der Waals surface area contributed by atoms with Crippen LogP contribution in [-0.2, 0) is 11.3 Å². The first-order valence-corrected chi connectivity index (χ1v) is 12.1. The number of fused-ring (bicyclic) bond motifs is 1. The maximum absolute atomic E-state index is 13.5. The van der Waals surface area contributed by atoms with Crippen molar-refractivity contribution in [2.75, 3.05) is 32.1 Å². The van der Waals surface area contributed by atoms with E-state index in [2.05, 4.69) is 36.3 Å². The van der Waals surface area contributed by atoms with Gasteiger partial charge in [-0.15, -0.1) is 0 Å². The molecule has 0 radical (unpaired) electrons. The zero-order valence-electron chi connectivity index (χ0n) is 20.2. The van der Waals surface area contributed by atoms with Crippen molar-refractivity contribution in [3.05, 3.63) is 59.7 Å². The maximum atomic E-state index is 13.5. The van der Waals surface area contributed by atoms with Crippen LogP contribution in [0.25, 0.3) is 0 Å². The number of hydrogen-bond donors (Lipinski definition) is 2. The summed E-state index contributed by atoms with van der Waals surface area (Å²) in [6.07, 6.45) is 1.58. The molecule has 7 nitrogen and oxygen atoms in total. The van der Waals surface area contributed by atoms with Crippen molar-refractivity contribution in [3.8, 4) is 5.75 Å². The number of ether oxygens (including phenoxy) is 1. The van der Waals surface area contributed by atoms with E-state index in [0.717, 1.165) is 19.4 Å². The lowest BCUT2D eigenvalue weighted by Crippen LogP contribution is -2.49. The van der Waals surface area contributed by atoms with Gasteiger partial charge in [0.1, 0.15) is 6.10 Å².